The Morgan fingerprint density at radius 1 is 1.22 bits per heavy atom. The number of halogens is 1. The SMILES string of the molecule is CCc1ccccc1NC(=O)CN(C)C(=O)C(C)Oc1cc(C)ccc1Cl. The summed E-state index contributed by atoms with van der Waals surface area (Å²) in [5.41, 5.74) is 2.80. The van der Waals surface area contributed by atoms with Crippen LogP contribution >= 0.6 is 11.6 Å². The molecule has 144 valence electrons. The first-order chi connectivity index (χ1) is 12.8. The van der Waals surface area contributed by atoms with Gasteiger partial charge in [0, 0.05) is 12.7 Å². The van der Waals surface area contributed by atoms with Gasteiger partial charge in [0.25, 0.3) is 5.91 Å². The van der Waals surface area contributed by atoms with E-state index in [0.29, 0.717) is 10.8 Å². The molecule has 0 heterocycles. The van der Waals surface area contributed by atoms with Crippen molar-refractivity contribution in [2.24, 2.45) is 0 Å². The maximum atomic E-state index is 12.5. The first-order valence-electron chi connectivity index (χ1n) is 8.87. The summed E-state index contributed by atoms with van der Waals surface area (Å²) in [6.45, 7) is 5.52. The van der Waals surface area contributed by atoms with Crippen molar-refractivity contribution in [3.05, 3.63) is 58.6 Å². The zero-order valence-corrected chi connectivity index (χ0v) is 16.8. The molecule has 0 aliphatic rings. The lowest BCUT2D eigenvalue weighted by Crippen LogP contribution is -2.42. The summed E-state index contributed by atoms with van der Waals surface area (Å²) < 4.78 is 5.69. The third-order valence-corrected chi connectivity index (χ3v) is 4.48. The highest BCUT2D eigenvalue weighted by atomic mass is 35.5. The minimum Gasteiger partial charge on any atom is -0.479 e. The van der Waals surface area contributed by atoms with E-state index in [-0.39, 0.29) is 18.4 Å². The highest BCUT2D eigenvalue weighted by molar-refractivity contribution is 6.32. The van der Waals surface area contributed by atoms with Crippen molar-refractivity contribution in [1.82, 2.24) is 4.90 Å². The molecule has 0 spiro atoms. The number of hydrogen-bond acceptors (Lipinski definition) is 3. The number of rotatable bonds is 7. The van der Waals surface area contributed by atoms with Crippen LogP contribution in [0.1, 0.15) is 25.0 Å². The number of carbonyl (C=O) groups excluding carboxylic acids is 2. The van der Waals surface area contributed by atoms with Crippen LogP contribution in [-0.2, 0) is 16.0 Å². The predicted octanol–water partition coefficient (Wildman–Crippen LogP) is 4.08. The molecule has 1 atom stereocenters. The standard InChI is InChI=1S/C21H25ClN2O3/c1-5-16-8-6-7-9-18(16)23-20(25)13-24(4)21(26)15(3)27-19-12-14(2)10-11-17(19)22/h6-12,15H,5,13H2,1-4H3,(H,23,25). The zero-order chi connectivity index (χ0) is 20.0. The van der Waals surface area contributed by atoms with E-state index in [1.54, 1.807) is 26.1 Å². The predicted molar refractivity (Wildman–Crippen MR) is 108 cm³/mol. The van der Waals surface area contributed by atoms with Crippen molar-refractivity contribution in [3.63, 3.8) is 0 Å². The van der Waals surface area contributed by atoms with Crippen LogP contribution < -0.4 is 10.1 Å². The van der Waals surface area contributed by atoms with E-state index in [4.69, 9.17) is 16.3 Å². The molecule has 5 nitrogen and oxygen atoms in total. The van der Waals surface area contributed by atoms with Crippen molar-refractivity contribution >= 4 is 29.1 Å². The van der Waals surface area contributed by atoms with Crippen molar-refractivity contribution < 1.29 is 14.3 Å². The average molecular weight is 389 g/mol. The molecule has 0 fully saturated rings. The van der Waals surface area contributed by atoms with Gasteiger partial charge in [0.1, 0.15) is 5.75 Å². The van der Waals surface area contributed by atoms with E-state index in [9.17, 15) is 9.59 Å². The molecule has 2 aromatic rings. The van der Waals surface area contributed by atoms with Gasteiger partial charge in [-0.1, -0.05) is 42.8 Å². The fraction of sp³-hybridized carbons (Fsp3) is 0.333. The second-order valence-corrected chi connectivity index (χ2v) is 6.85. The fourth-order valence-corrected chi connectivity index (χ4v) is 2.85. The number of anilines is 1. The summed E-state index contributed by atoms with van der Waals surface area (Å²) in [4.78, 5) is 26.2. The lowest BCUT2D eigenvalue weighted by Gasteiger charge is -2.22. The van der Waals surface area contributed by atoms with Gasteiger partial charge in [-0.3, -0.25) is 9.59 Å². The van der Waals surface area contributed by atoms with E-state index in [2.05, 4.69) is 5.32 Å². The first kappa shape index (κ1) is 20.8. The number of nitrogens with one attached hydrogen (secondary N) is 1. The Morgan fingerprint density at radius 3 is 2.63 bits per heavy atom. The van der Waals surface area contributed by atoms with E-state index < -0.39 is 6.10 Å². The van der Waals surface area contributed by atoms with Crippen molar-refractivity contribution in [1.29, 1.82) is 0 Å². The normalized spacial score (nSPS) is 11.6. The van der Waals surface area contributed by atoms with Gasteiger partial charge in [-0.2, -0.15) is 0 Å². The molecule has 0 bridgehead atoms. The Labute approximate surface area is 165 Å². The third kappa shape index (κ3) is 5.73. The van der Waals surface area contributed by atoms with Crippen LogP contribution in [0.25, 0.3) is 0 Å². The highest BCUT2D eigenvalue weighted by Gasteiger charge is 2.22. The summed E-state index contributed by atoms with van der Waals surface area (Å²) in [7, 11) is 1.57. The molecule has 6 heteroatoms. The maximum Gasteiger partial charge on any atom is 0.263 e. The number of likely N-dealkylation sites (N-methyl/N-ethyl adjacent to an activating group) is 1. The Balaban J connectivity index is 1.95. The van der Waals surface area contributed by atoms with Crippen LogP contribution in [0.4, 0.5) is 5.69 Å². The number of para-hydroxylation sites is 1. The topological polar surface area (TPSA) is 58.6 Å². The van der Waals surface area contributed by atoms with Gasteiger partial charge in [-0.25, -0.2) is 0 Å². The van der Waals surface area contributed by atoms with Crippen LogP contribution in [0, 0.1) is 6.92 Å². The molecule has 1 unspecified atom stereocenters. The van der Waals surface area contributed by atoms with Gasteiger partial charge in [-0.15, -0.1) is 0 Å². The molecule has 0 saturated heterocycles. The number of aryl methyl sites for hydroxylation is 2. The van der Waals surface area contributed by atoms with Crippen LogP contribution in [-0.4, -0.2) is 36.4 Å². The van der Waals surface area contributed by atoms with E-state index >= 15 is 0 Å². The molecule has 27 heavy (non-hydrogen) atoms. The van der Waals surface area contributed by atoms with Gasteiger partial charge in [0.05, 0.1) is 11.6 Å². The van der Waals surface area contributed by atoms with Crippen molar-refractivity contribution in [3.8, 4) is 5.75 Å². The second kappa shape index (κ2) is 9.42. The number of amides is 2. The first-order valence-corrected chi connectivity index (χ1v) is 9.25. The third-order valence-electron chi connectivity index (χ3n) is 4.17. The Morgan fingerprint density at radius 2 is 1.93 bits per heavy atom. The van der Waals surface area contributed by atoms with Crippen molar-refractivity contribution in [2.45, 2.75) is 33.3 Å². The zero-order valence-electron chi connectivity index (χ0n) is 16.1. The molecule has 2 aromatic carbocycles. The van der Waals surface area contributed by atoms with E-state index in [1.807, 2.05) is 44.2 Å². The molecule has 1 N–H and O–H groups in total. The van der Waals surface area contributed by atoms with E-state index in [0.717, 1.165) is 23.2 Å². The summed E-state index contributed by atoms with van der Waals surface area (Å²) in [5, 5.41) is 3.30. The Bertz CT molecular complexity index is 823. The minimum atomic E-state index is -0.759. The molecule has 2 amide bonds. The summed E-state index contributed by atoms with van der Waals surface area (Å²) >= 11 is 6.11. The van der Waals surface area contributed by atoms with Gasteiger partial charge in [0.2, 0.25) is 5.91 Å². The minimum absolute atomic E-state index is 0.0634. The molecule has 0 aromatic heterocycles. The molecular formula is C21H25ClN2O3. The maximum absolute atomic E-state index is 12.5. The summed E-state index contributed by atoms with van der Waals surface area (Å²) in [6.07, 6.45) is 0.0536. The van der Waals surface area contributed by atoms with Crippen LogP contribution in [0.15, 0.2) is 42.5 Å². The summed E-state index contributed by atoms with van der Waals surface area (Å²) in [6, 6.07) is 13.0. The summed E-state index contributed by atoms with van der Waals surface area (Å²) in [5.74, 6) is -0.105. The number of hydrogen-bond donors (Lipinski definition) is 1. The smallest absolute Gasteiger partial charge is 0.263 e. The number of benzene rings is 2. The van der Waals surface area contributed by atoms with E-state index in [1.165, 1.54) is 4.90 Å². The Kier molecular flexibility index (Phi) is 7.25. The molecule has 2 rings (SSSR count). The van der Waals surface area contributed by atoms with Gasteiger partial charge in [0.15, 0.2) is 6.10 Å². The van der Waals surface area contributed by atoms with Crippen LogP contribution in [0.3, 0.4) is 0 Å². The van der Waals surface area contributed by atoms with Gasteiger partial charge < -0.3 is 15.0 Å². The lowest BCUT2D eigenvalue weighted by molar-refractivity contribution is -0.139. The van der Waals surface area contributed by atoms with Gasteiger partial charge in [-0.05, 0) is 49.6 Å². The van der Waals surface area contributed by atoms with Crippen LogP contribution in [0.2, 0.25) is 5.02 Å². The molecular weight excluding hydrogens is 364 g/mol. The highest BCUT2D eigenvalue weighted by Crippen LogP contribution is 2.26. The molecule has 0 aliphatic heterocycles. The largest absolute Gasteiger partial charge is 0.479 e. The molecule has 0 radical (unpaired) electrons. The second-order valence-electron chi connectivity index (χ2n) is 6.45. The Hall–Kier alpha value is -2.53. The molecule has 0 saturated carbocycles. The number of carbonyl (C=O) groups is 2. The molecule has 0 aliphatic carbocycles. The fourth-order valence-electron chi connectivity index (χ4n) is 2.69. The monoisotopic (exact) mass is 388 g/mol. The average Bonchev–Trinajstić information content (AvgIpc) is 2.64. The van der Waals surface area contributed by atoms with Crippen molar-refractivity contribution in [2.75, 3.05) is 18.9 Å². The quantitative estimate of drug-likeness (QED) is 0.777. The number of nitrogens with zero attached hydrogens (tertiary/aromatic N) is 1. The van der Waals surface area contributed by atoms with Crippen LogP contribution in [0.5, 0.6) is 5.75 Å². The lowest BCUT2D eigenvalue weighted by atomic mass is 10.1. The van der Waals surface area contributed by atoms with Gasteiger partial charge >= 0.3 is 0 Å². The number of ether oxygens (including phenoxy) is 1.